The Morgan fingerprint density at radius 2 is 2.17 bits per heavy atom. The molecule has 5 atom stereocenters. The molecule has 0 amide bonds. The van der Waals surface area contributed by atoms with Crippen LogP contribution >= 0.6 is 0 Å². The number of hydrogen-bond acceptors (Lipinski definition) is 2. The van der Waals surface area contributed by atoms with Gasteiger partial charge in [0, 0.05) is 17.8 Å². The summed E-state index contributed by atoms with van der Waals surface area (Å²) >= 11 is 0. The minimum atomic E-state index is -0.142. The van der Waals surface area contributed by atoms with Gasteiger partial charge in [0.2, 0.25) is 0 Å². The highest BCUT2D eigenvalue weighted by molar-refractivity contribution is 5.29. The summed E-state index contributed by atoms with van der Waals surface area (Å²) in [5, 5.41) is 10.8. The van der Waals surface area contributed by atoms with Gasteiger partial charge < -0.3 is 5.11 Å². The monoisotopic (exact) mass is 243 g/mol. The first-order valence-electron chi connectivity index (χ1n) is 7.45. The van der Waals surface area contributed by atoms with Crippen LogP contribution in [0.2, 0.25) is 0 Å². The second-order valence-electron chi connectivity index (χ2n) is 6.52. The first-order chi connectivity index (χ1) is 8.83. The molecule has 18 heavy (non-hydrogen) atoms. The Hall–Kier alpha value is -0.890. The van der Waals surface area contributed by atoms with E-state index in [1.165, 1.54) is 36.9 Å². The third-order valence-electron chi connectivity index (χ3n) is 5.65. The van der Waals surface area contributed by atoms with E-state index in [1.54, 1.807) is 0 Å². The SMILES string of the molecule is OC(C1CCc2cccnc21)C1CC2CCC1C2. The summed E-state index contributed by atoms with van der Waals surface area (Å²) in [6.07, 6.45) is 9.35. The molecule has 3 aliphatic rings. The number of fused-ring (bicyclic) bond motifs is 3. The third kappa shape index (κ3) is 1.55. The molecule has 0 radical (unpaired) electrons. The molecule has 5 unspecified atom stereocenters. The average Bonchev–Trinajstić information content (AvgIpc) is 3.12. The van der Waals surface area contributed by atoms with Crippen LogP contribution in [0.25, 0.3) is 0 Å². The van der Waals surface area contributed by atoms with Crippen LogP contribution < -0.4 is 0 Å². The Morgan fingerprint density at radius 1 is 1.22 bits per heavy atom. The van der Waals surface area contributed by atoms with Gasteiger partial charge in [-0.2, -0.15) is 0 Å². The highest BCUT2D eigenvalue weighted by Crippen LogP contribution is 2.52. The normalized spacial score (nSPS) is 38.9. The van der Waals surface area contributed by atoms with Crippen LogP contribution in [-0.4, -0.2) is 16.2 Å². The lowest BCUT2D eigenvalue weighted by Crippen LogP contribution is -2.30. The van der Waals surface area contributed by atoms with Crippen LogP contribution in [0.15, 0.2) is 18.3 Å². The van der Waals surface area contributed by atoms with Crippen LogP contribution in [0.3, 0.4) is 0 Å². The van der Waals surface area contributed by atoms with Crippen LogP contribution in [0.1, 0.15) is 49.3 Å². The Labute approximate surface area is 108 Å². The van der Waals surface area contributed by atoms with Gasteiger partial charge in [-0.05, 0) is 61.5 Å². The predicted molar refractivity (Wildman–Crippen MR) is 70.2 cm³/mol. The highest BCUT2D eigenvalue weighted by Gasteiger charge is 2.46. The van der Waals surface area contributed by atoms with E-state index in [0.29, 0.717) is 11.8 Å². The number of rotatable bonds is 2. The van der Waals surface area contributed by atoms with Crippen molar-refractivity contribution in [2.45, 2.75) is 50.5 Å². The quantitative estimate of drug-likeness (QED) is 0.866. The molecular weight excluding hydrogens is 222 g/mol. The van der Waals surface area contributed by atoms with Crippen LogP contribution in [0.5, 0.6) is 0 Å². The Kier molecular flexibility index (Phi) is 2.47. The summed E-state index contributed by atoms with van der Waals surface area (Å²) in [5.74, 6) is 2.59. The zero-order valence-corrected chi connectivity index (χ0v) is 10.8. The Balaban J connectivity index is 1.58. The molecule has 1 aromatic rings. The van der Waals surface area contributed by atoms with Gasteiger partial charge >= 0.3 is 0 Å². The summed E-state index contributed by atoms with van der Waals surface area (Å²) in [6, 6.07) is 4.20. The Bertz CT molecular complexity index is 458. The average molecular weight is 243 g/mol. The number of aliphatic hydroxyl groups is 1. The third-order valence-corrected chi connectivity index (χ3v) is 5.65. The molecule has 1 N–H and O–H groups in total. The summed E-state index contributed by atoms with van der Waals surface area (Å²) in [7, 11) is 0. The first kappa shape index (κ1) is 11.0. The molecule has 0 aromatic carbocycles. The van der Waals surface area contributed by atoms with Crippen molar-refractivity contribution in [3.8, 4) is 0 Å². The van der Waals surface area contributed by atoms with Crippen LogP contribution in [-0.2, 0) is 6.42 Å². The molecule has 4 rings (SSSR count). The first-order valence-corrected chi connectivity index (χ1v) is 7.45. The molecule has 0 aliphatic heterocycles. The summed E-state index contributed by atoms with van der Waals surface area (Å²) < 4.78 is 0. The molecule has 2 saturated carbocycles. The molecule has 2 heteroatoms. The smallest absolute Gasteiger partial charge is 0.0654 e. The second kappa shape index (κ2) is 4.06. The van der Waals surface area contributed by atoms with Gasteiger partial charge in [0.15, 0.2) is 0 Å². The lowest BCUT2D eigenvalue weighted by Gasteiger charge is -2.30. The van der Waals surface area contributed by atoms with E-state index >= 15 is 0 Å². The Morgan fingerprint density at radius 3 is 2.94 bits per heavy atom. The minimum Gasteiger partial charge on any atom is -0.392 e. The van der Waals surface area contributed by atoms with E-state index in [9.17, 15) is 5.11 Å². The maximum atomic E-state index is 10.8. The van der Waals surface area contributed by atoms with Gasteiger partial charge in [0.05, 0.1) is 6.10 Å². The molecule has 0 spiro atoms. The van der Waals surface area contributed by atoms with Gasteiger partial charge in [-0.3, -0.25) is 4.98 Å². The van der Waals surface area contributed by atoms with Crippen molar-refractivity contribution in [3.05, 3.63) is 29.6 Å². The van der Waals surface area contributed by atoms with E-state index in [2.05, 4.69) is 11.1 Å². The van der Waals surface area contributed by atoms with E-state index in [4.69, 9.17) is 0 Å². The van der Waals surface area contributed by atoms with Crippen molar-refractivity contribution in [2.24, 2.45) is 17.8 Å². The molecule has 0 saturated heterocycles. The van der Waals surface area contributed by atoms with Crippen LogP contribution in [0.4, 0.5) is 0 Å². The number of aromatic nitrogens is 1. The lowest BCUT2D eigenvalue weighted by molar-refractivity contribution is 0.0504. The maximum Gasteiger partial charge on any atom is 0.0654 e. The van der Waals surface area contributed by atoms with Crippen molar-refractivity contribution < 1.29 is 5.11 Å². The van der Waals surface area contributed by atoms with Crippen molar-refractivity contribution in [1.82, 2.24) is 4.98 Å². The zero-order valence-electron chi connectivity index (χ0n) is 10.8. The van der Waals surface area contributed by atoms with Gasteiger partial charge in [-0.25, -0.2) is 0 Å². The minimum absolute atomic E-state index is 0.142. The molecular formula is C16H21NO. The van der Waals surface area contributed by atoms with E-state index in [1.807, 2.05) is 12.3 Å². The molecule has 2 bridgehead atoms. The van der Waals surface area contributed by atoms with Crippen molar-refractivity contribution >= 4 is 0 Å². The van der Waals surface area contributed by atoms with Gasteiger partial charge in [0.25, 0.3) is 0 Å². The molecule has 3 aliphatic carbocycles. The fourth-order valence-electron chi connectivity index (χ4n) is 4.79. The van der Waals surface area contributed by atoms with Gasteiger partial charge in [-0.1, -0.05) is 12.5 Å². The largest absolute Gasteiger partial charge is 0.392 e. The lowest BCUT2D eigenvalue weighted by atomic mass is 9.79. The van der Waals surface area contributed by atoms with Crippen molar-refractivity contribution in [3.63, 3.8) is 0 Å². The number of aryl methyl sites for hydroxylation is 1. The standard InChI is InChI=1S/C16H21NO/c18-16(14-9-10-3-4-12(14)8-10)13-6-5-11-2-1-7-17-15(11)13/h1-2,7,10,12-14,16,18H,3-6,8-9H2. The summed E-state index contributed by atoms with van der Waals surface area (Å²) in [5.41, 5.74) is 2.55. The molecule has 1 heterocycles. The van der Waals surface area contributed by atoms with E-state index in [0.717, 1.165) is 24.7 Å². The van der Waals surface area contributed by atoms with Crippen molar-refractivity contribution in [2.75, 3.05) is 0 Å². The fraction of sp³-hybridized carbons (Fsp3) is 0.688. The second-order valence-corrected chi connectivity index (χ2v) is 6.52. The molecule has 1 aromatic heterocycles. The molecule has 2 fully saturated rings. The molecule has 2 nitrogen and oxygen atoms in total. The van der Waals surface area contributed by atoms with Crippen molar-refractivity contribution in [1.29, 1.82) is 0 Å². The number of nitrogens with zero attached hydrogens (tertiary/aromatic N) is 1. The molecule has 96 valence electrons. The number of hydrogen-bond donors (Lipinski definition) is 1. The van der Waals surface area contributed by atoms with E-state index < -0.39 is 0 Å². The maximum absolute atomic E-state index is 10.8. The summed E-state index contributed by atoms with van der Waals surface area (Å²) in [6.45, 7) is 0. The highest BCUT2D eigenvalue weighted by atomic mass is 16.3. The number of pyridine rings is 1. The topological polar surface area (TPSA) is 33.1 Å². The van der Waals surface area contributed by atoms with E-state index in [-0.39, 0.29) is 6.10 Å². The van der Waals surface area contributed by atoms with Gasteiger partial charge in [-0.15, -0.1) is 0 Å². The number of aliphatic hydroxyl groups excluding tert-OH is 1. The zero-order chi connectivity index (χ0) is 12.1. The summed E-state index contributed by atoms with van der Waals surface area (Å²) in [4.78, 5) is 4.54. The predicted octanol–water partition coefficient (Wildman–Crippen LogP) is 2.91. The van der Waals surface area contributed by atoms with Gasteiger partial charge in [0.1, 0.15) is 0 Å². The van der Waals surface area contributed by atoms with Crippen LogP contribution in [0, 0.1) is 17.8 Å². The fourth-order valence-corrected chi connectivity index (χ4v) is 4.79.